The van der Waals surface area contributed by atoms with Gasteiger partial charge in [-0.2, -0.15) is 0 Å². The summed E-state index contributed by atoms with van der Waals surface area (Å²) in [5.41, 5.74) is 1.81. The van der Waals surface area contributed by atoms with Gasteiger partial charge in [0.05, 0.1) is 5.56 Å². The molecule has 0 saturated carbocycles. The number of hydrogen-bond acceptors (Lipinski definition) is 2. The first-order valence-corrected chi connectivity index (χ1v) is 6.10. The fraction of sp³-hybridized carbons (Fsp3) is 0. The fourth-order valence-corrected chi connectivity index (χ4v) is 2.08. The lowest BCUT2D eigenvalue weighted by Gasteiger charge is -2.06. The predicted molar refractivity (Wildman–Crippen MR) is 74.6 cm³/mol. The molecule has 0 unspecified atom stereocenters. The minimum Gasteiger partial charge on any atom is -0.322 e. The molecule has 4 nitrogen and oxygen atoms in total. The van der Waals surface area contributed by atoms with Crippen molar-refractivity contribution in [2.24, 2.45) is 0 Å². The van der Waals surface area contributed by atoms with Crippen LogP contribution in [0.5, 0.6) is 0 Å². The van der Waals surface area contributed by atoms with Crippen LogP contribution in [0.3, 0.4) is 0 Å². The number of benzene rings is 1. The minimum atomic E-state index is -0.209. The summed E-state index contributed by atoms with van der Waals surface area (Å²) >= 11 is 5.88. The second kappa shape index (κ2) is 4.74. The van der Waals surface area contributed by atoms with Gasteiger partial charge < -0.3 is 9.72 Å². The molecule has 1 aromatic carbocycles. The van der Waals surface area contributed by atoms with E-state index in [1.165, 1.54) is 0 Å². The van der Waals surface area contributed by atoms with Gasteiger partial charge in [-0.1, -0.05) is 17.7 Å². The zero-order valence-electron chi connectivity index (χ0n) is 9.88. The summed E-state index contributed by atoms with van der Waals surface area (Å²) in [5.74, 6) is -0.209. The zero-order valence-corrected chi connectivity index (χ0v) is 10.6. The molecule has 3 rings (SSSR count). The van der Waals surface area contributed by atoms with E-state index in [4.69, 9.17) is 11.6 Å². The van der Waals surface area contributed by atoms with Crippen LogP contribution < -0.4 is 5.32 Å². The highest BCUT2D eigenvalue weighted by Gasteiger charge is 2.11. The Labute approximate surface area is 114 Å². The molecule has 2 aromatic heterocycles. The van der Waals surface area contributed by atoms with E-state index >= 15 is 0 Å². The van der Waals surface area contributed by atoms with Gasteiger partial charge in [0.15, 0.2) is 0 Å². The first-order valence-electron chi connectivity index (χ1n) is 5.72. The van der Waals surface area contributed by atoms with Crippen LogP contribution in [-0.4, -0.2) is 15.3 Å². The van der Waals surface area contributed by atoms with E-state index in [0.717, 1.165) is 0 Å². The van der Waals surface area contributed by atoms with Crippen LogP contribution >= 0.6 is 11.6 Å². The van der Waals surface area contributed by atoms with E-state index in [1.54, 1.807) is 47.1 Å². The van der Waals surface area contributed by atoms with Crippen molar-refractivity contribution >= 4 is 28.8 Å². The average Bonchev–Trinajstić information content (AvgIpc) is 2.86. The summed E-state index contributed by atoms with van der Waals surface area (Å²) in [6, 6.07) is 10.6. The summed E-state index contributed by atoms with van der Waals surface area (Å²) in [4.78, 5) is 16.4. The number of carbonyl (C=O) groups is 1. The number of imidazole rings is 1. The molecule has 0 fully saturated rings. The van der Waals surface area contributed by atoms with E-state index in [2.05, 4.69) is 10.3 Å². The lowest BCUT2D eigenvalue weighted by atomic mass is 10.2. The van der Waals surface area contributed by atoms with Crippen LogP contribution in [-0.2, 0) is 0 Å². The number of nitrogens with zero attached hydrogens (tertiary/aromatic N) is 2. The molecule has 0 saturated heterocycles. The summed E-state index contributed by atoms with van der Waals surface area (Å²) in [5, 5.41) is 3.38. The summed E-state index contributed by atoms with van der Waals surface area (Å²) in [6.07, 6.45) is 5.30. The summed E-state index contributed by atoms with van der Waals surface area (Å²) in [6.45, 7) is 0. The molecule has 2 heterocycles. The Balaban J connectivity index is 1.94. The first-order chi connectivity index (χ1) is 9.24. The Morgan fingerprint density at radius 3 is 2.95 bits per heavy atom. The number of amides is 1. The van der Waals surface area contributed by atoms with Crippen molar-refractivity contribution in [3.8, 4) is 0 Å². The highest BCUT2D eigenvalue weighted by molar-refractivity contribution is 6.31. The molecule has 0 aliphatic heterocycles. The van der Waals surface area contributed by atoms with Crippen LogP contribution in [0.25, 0.3) is 5.65 Å². The third kappa shape index (κ3) is 2.30. The summed E-state index contributed by atoms with van der Waals surface area (Å²) in [7, 11) is 0. The van der Waals surface area contributed by atoms with E-state index in [-0.39, 0.29) is 5.91 Å². The van der Waals surface area contributed by atoms with Gasteiger partial charge in [-0.3, -0.25) is 4.79 Å². The van der Waals surface area contributed by atoms with Gasteiger partial charge >= 0.3 is 0 Å². The van der Waals surface area contributed by atoms with Gasteiger partial charge in [-0.05, 0) is 30.3 Å². The van der Waals surface area contributed by atoms with E-state index in [0.29, 0.717) is 21.9 Å². The molecule has 0 aliphatic carbocycles. The van der Waals surface area contributed by atoms with Crippen molar-refractivity contribution in [3.63, 3.8) is 0 Å². The Hall–Kier alpha value is -2.33. The first kappa shape index (κ1) is 11.7. The second-order valence-electron chi connectivity index (χ2n) is 4.04. The molecule has 1 amide bonds. The minimum absolute atomic E-state index is 0.209. The van der Waals surface area contributed by atoms with Crippen LogP contribution in [0.1, 0.15) is 10.4 Å². The van der Waals surface area contributed by atoms with Crippen molar-refractivity contribution < 1.29 is 4.79 Å². The number of nitrogens with one attached hydrogen (secondary N) is 1. The van der Waals surface area contributed by atoms with Crippen molar-refractivity contribution in [1.29, 1.82) is 0 Å². The SMILES string of the molecule is O=C(Nc1cccc(Cl)c1)c1cccn2ccnc12. The third-order valence-corrected chi connectivity index (χ3v) is 2.98. The molecule has 0 spiro atoms. The van der Waals surface area contributed by atoms with Crippen molar-refractivity contribution in [2.45, 2.75) is 0 Å². The zero-order chi connectivity index (χ0) is 13.2. The smallest absolute Gasteiger partial charge is 0.259 e. The van der Waals surface area contributed by atoms with Gasteiger partial charge in [-0.15, -0.1) is 0 Å². The molecular formula is C14H10ClN3O. The van der Waals surface area contributed by atoms with Gasteiger partial charge in [0.25, 0.3) is 5.91 Å². The van der Waals surface area contributed by atoms with Crippen LogP contribution in [0, 0.1) is 0 Å². The highest BCUT2D eigenvalue weighted by atomic mass is 35.5. The molecular weight excluding hydrogens is 262 g/mol. The molecule has 19 heavy (non-hydrogen) atoms. The molecule has 3 aromatic rings. The standard InChI is InChI=1S/C14H10ClN3O/c15-10-3-1-4-11(9-10)17-14(19)12-5-2-7-18-8-6-16-13(12)18/h1-9H,(H,17,19). The van der Waals surface area contributed by atoms with Gasteiger partial charge in [0.1, 0.15) is 5.65 Å². The van der Waals surface area contributed by atoms with Crippen LogP contribution in [0.15, 0.2) is 55.0 Å². The number of carbonyl (C=O) groups excluding carboxylic acids is 1. The van der Waals surface area contributed by atoms with E-state index in [9.17, 15) is 4.79 Å². The Morgan fingerprint density at radius 2 is 2.11 bits per heavy atom. The maximum absolute atomic E-state index is 12.2. The lowest BCUT2D eigenvalue weighted by molar-refractivity contribution is 0.102. The van der Waals surface area contributed by atoms with Crippen molar-refractivity contribution in [3.05, 3.63) is 65.6 Å². The maximum Gasteiger partial charge on any atom is 0.259 e. The molecule has 5 heteroatoms. The third-order valence-electron chi connectivity index (χ3n) is 2.75. The maximum atomic E-state index is 12.2. The largest absolute Gasteiger partial charge is 0.322 e. The number of anilines is 1. The van der Waals surface area contributed by atoms with Crippen LogP contribution in [0.2, 0.25) is 5.02 Å². The van der Waals surface area contributed by atoms with E-state index < -0.39 is 0 Å². The Morgan fingerprint density at radius 1 is 1.21 bits per heavy atom. The number of aromatic nitrogens is 2. The lowest BCUT2D eigenvalue weighted by Crippen LogP contribution is -2.13. The predicted octanol–water partition coefficient (Wildman–Crippen LogP) is 3.24. The van der Waals surface area contributed by atoms with Crippen LogP contribution in [0.4, 0.5) is 5.69 Å². The number of hydrogen-bond donors (Lipinski definition) is 1. The second-order valence-corrected chi connectivity index (χ2v) is 4.48. The molecule has 0 atom stereocenters. The average molecular weight is 272 g/mol. The van der Waals surface area contributed by atoms with Crippen molar-refractivity contribution in [2.75, 3.05) is 5.32 Å². The number of pyridine rings is 1. The molecule has 0 bridgehead atoms. The number of rotatable bonds is 2. The fourth-order valence-electron chi connectivity index (χ4n) is 1.89. The Kier molecular flexibility index (Phi) is 2.93. The van der Waals surface area contributed by atoms with Gasteiger partial charge in [-0.25, -0.2) is 4.98 Å². The number of halogens is 1. The topological polar surface area (TPSA) is 46.4 Å². The van der Waals surface area contributed by atoms with Gasteiger partial charge in [0, 0.05) is 29.3 Å². The molecule has 94 valence electrons. The highest BCUT2D eigenvalue weighted by Crippen LogP contribution is 2.17. The molecule has 0 radical (unpaired) electrons. The van der Waals surface area contributed by atoms with E-state index in [1.807, 2.05) is 12.3 Å². The number of fused-ring (bicyclic) bond motifs is 1. The van der Waals surface area contributed by atoms with Gasteiger partial charge in [0.2, 0.25) is 0 Å². The van der Waals surface area contributed by atoms with Crippen molar-refractivity contribution in [1.82, 2.24) is 9.38 Å². The normalized spacial score (nSPS) is 10.6. The Bertz CT molecular complexity index is 751. The summed E-state index contributed by atoms with van der Waals surface area (Å²) < 4.78 is 1.80. The molecule has 0 aliphatic rings. The monoisotopic (exact) mass is 271 g/mol. The molecule has 1 N–H and O–H groups in total. The quantitative estimate of drug-likeness (QED) is 0.778.